The van der Waals surface area contributed by atoms with Crippen molar-refractivity contribution >= 4 is 29.9 Å². The summed E-state index contributed by atoms with van der Waals surface area (Å²) in [5, 5.41) is 7.73. The molecule has 2 aromatic rings. The van der Waals surface area contributed by atoms with Crippen molar-refractivity contribution in [3.63, 3.8) is 0 Å². The summed E-state index contributed by atoms with van der Waals surface area (Å²) in [6, 6.07) is 10.6. The van der Waals surface area contributed by atoms with Crippen LogP contribution in [0.25, 0.3) is 0 Å². The zero-order chi connectivity index (χ0) is 17.5. The molecular weight excluding hydrogens is 441 g/mol. The van der Waals surface area contributed by atoms with Crippen LogP contribution in [0, 0.1) is 0 Å². The second-order valence-corrected chi connectivity index (χ2v) is 6.32. The minimum absolute atomic E-state index is 0. The molecular formula is C19H28IN5O. The highest BCUT2D eigenvalue weighted by Gasteiger charge is 2.24. The largest absolute Gasteiger partial charge is 0.370 e. The van der Waals surface area contributed by atoms with Gasteiger partial charge in [-0.2, -0.15) is 5.10 Å². The SMILES string of the molecule is CN=C(NCCCc1ccccc1)N1CCOC(c2cnn(C)c2)C1.I. The number of benzene rings is 1. The highest BCUT2D eigenvalue weighted by Crippen LogP contribution is 2.21. The van der Waals surface area contributed by atoms with Crippen LogP contribution in [0.5, 0.6) is 0 Å². The van der Waals surface area contributed by atoms with Gasteiger partial charge in [-0.3, -0.25) is 9.67 Å². The van der Waals surface area contributed by atoms with E-state index in [1.165, 1.54) is 5.56 Å². The third-order valence-electron chi connectivity index (χ3n) is 4.44. The summed E-state index contributed by atoms with van der Waals surface area (Å²) in [6.07, 6.45) is 6.10. The first-order valence-electron chi connectivity index (χ1n) is 8.86. The molecule has 26 heavy (non-hydrogen) atoms. The van der Waals surface area contributed by atoms with Crippen molar-refractivity contribution in [2.24, 2.45) is 12.0 Å². The lowest BCUT2D eigenvalue weighted by molar-refractivity contribution is -0.00801. The van der Waals surface area contributed by atoms with Crippen LogP contribution in [-0.2, 0) is 18.2 Å². The summed E-state index contributed by atoms with van der Waals surface area (Å²) in [5.41, 5.74) is 2.49. The number of morpholine rings is 1. The number of aliphatic imine (C=N–C) groups is 1. The van der Waals surface area contributed by atoms with E-state index in [0.29, 0.717) is 6.61 Å². The standard InChI is InChI=1S/C19H27N5O.HI/c1-20-19(21-10-6-9-16-7-4-3-5-8-16)24-11-12-25-18(15-24)17-13-22-23(2)14-17;/h3-5,7-8,13-14,18H,6,9-12,15H2,1-2H3,(H,20,21);1H. The summed E-state index contributed by atoms with van der Waals surface area (Å²) in [5.74, 6) is 0.949. The molecule has 142 valence electrons. The first-order chi connectivity index (χ1) is 12.3. The Morgan fingerprint density at radius 3 is 2.85 bits per heavy atom. The number of aromatic nitrogens is 2. The van der Waals surface area contributed by atoms with Gasteiger partial charge < -0.3 is 15.0 Å². The van der Waals surface area contributed by atoms with Crippen LogP contribution >= 0.6 is 24.0 Å². The number of hydrogen-bond donors (Lipinski definition) is 1. The molecule has 1 unspecified atom stereocenters. The fraction of sp³-hybridized carbons (Fsp3) is 0.474. The topological polar surface area (TPSA) is 54.7 Å². The molecule has 1 aromatic heterocycles. The molecule has 3 rings (SSSR count). The minimum atomic E-state index is 0. The fourth-order valence-electron chi connectivity index (χ4n) is 3.12. The van der Waals surface area contributed by atoms with E-state index in [1.54, 1.807) is 0 Å². The number of aryl methyl sites for hydroxylation is 2. The van der Waals surface area contributed by atoms with Crippen molar-refractivity contribution in [3.8, 4) is 0 Å². The number of guanidine groups is 1. The second-order valence-electron chi connectivity index (χ2n) is 6.32. The maximum atomic E-state index is 5.91. The number of ether oxygens (including phenoxy) is 1. The van der Waals surface area contributed by atoms with Crippen LogP contribution in [0.2, 0.25) is 0 Å². The van der Waals surface area contributed by atoms with Crippen molar-refractivity contribution in [2.75, 3.05) is 33.3 Å². The molecule has 0 bridgehead atoms. The van der Waals surface area contributed by atoms with Gasteiger partial charge in [0.15, 0.2) is 5.96 Å². The fourth-order valence-corrected chi connectivity index (χ4v) is 3.12. The van der Waals surface area contributed by atoms with Gasteiger partial charge in [0, 0.05) is 38.9 Å². The molecule has 1 saturated heterocycles. The maximum absolute atomic E-state index is 5.91. The van der Waals surface area contributed by atoms with E-state index in [0.717, 1.165) is 44.0 Å². The predicted molar refractivity (Wildman–Crippen MR) is 115 cm³/mol. The van der Waals surface area contributed by atoms with Crippen molar-refractivity contribution in [1.82, 2.24) is 20.0 Å². The van der Waals surface area contributed by atoms with Gasteiger partial charge in [0.1, 0.15) is 6.10 Å². The Morgan fingerprint density at radius 2 is 2.15 bits per heavy atom. The first-order valence-corrected chi connectivity index (χ1v) is 8.86. The Hall–Kier alpha value is -1.61. The number of hydrogen-bond acceptors (Lipinski definition) is 3. The van der Waals surface area contributed by atoms with Crippen molar-refractivity contribution in [2.45, 2.75) is 18.9 Å². The Labute approximate surface area is 172 Å². The second kappa shape index (κ2) is 10.5. The lowest BCUT2D eigenvalue weighted by atomic mass is 10.1. The molecule has 0 spiro atoms. The van der Waals surface area contributed by atoms with Crippen LogP contribution in [0.15, 0.2) is 47.7 Å². The van der Waals surface area contributed by atoms with Gasteiger partial charge in [-0.15, -0.1) is 24.0 Å². The van der Waals surface area contributed by atoms with Gasteiger partial charge in [-0.05, 0) is 18.4 Å². The van der Waals surface area contributed by atoms with Crippen molar-refractivity contribution < 1.29 is 4.74 Å². The van der Waals surface area contributed by atoms with Gasteiger partial charge in [-0.25, -0.2) is 0 Å². The molecule has 1 aliphatic heterocycles. The molecule has 1 atom stereocenters. The quantitative estimate of drug-likeness (QED) is 0.317. The van der Waals surface area contributed by atoms with Gasteiger partial charge in [0.2, 0.25) is 0 Å². The van der Waals surface area contributed by atoms with E-state index in [9.17, 15) is 0 Å². The molecule has 0 amide bonds. The summed E-state index contributed by atoms with van der Waals surface area (Å²) >= 11 is 0. The highest BCUT2D eigenvalue weighted by molar-refractivity contribution is 14.0. The zero-order valence-corrected chi connectivity index (χ0v) is 17.8. The van der Waals surface area contributed by atoms with E-state index in [-0.39, 0.29) is 30.1 Å². The minimum Gasteiger partial charge on any atom is -0.370 e. The normalized spacial score (nSPS) is 17.7. The Morgan fingerprint density at radius 1 is 1.35 bits per heavy atom. The average molecular weight is 469 g/mol. The predicted octanol–water partition coefficient (Wildman–Crippen LogP) is 2.62. The van der Waals surface area contributed by atoms with Crippen LogP contribution in [-0.4, -0.2) is 53.9 Å². The number of halogens is 1. The molecule has 0 aliphatic carbocycles. The summed E-state index contributed by atoms with van der Waals surface area (Å²) < 4.78 is 7.72. The third kappa shape index (κ3) is 5.70. The Bertz CT molecular complexity index is 688. The number of nitrogens with zero attached hydrogens (tertiary/aromatic N) is 4. The smallest absolute Gasteiger partial charge is 0.193 e. The molecule has 1 fully saturated rings. The molecule has 2 heterocycles. The van der Waals surface area contributed by atoms with E-state index >= 15 is 0 Å². The monoisotopic (exact) mass is 469 g/mol. The summed E-state index contributed by atoms with van der Waals surface area (Å²) in [7, 11) is 3.77. The zero-order valence-electron chi connectivity index (χ0n) is 15.5. The van der Waals surface area contributed by atoms with E-state index in [4.69, 9.17) is 4.74 Å². The molecule has 6 nitrogen and oxygen atoms in total. The van der Waals surface area contributed by atoms with Crippen LogP contribution in [0.3, 0.4) is 0 Å². The van der Waals surface area contributed by atoms with Crippen molar-refractivity contribution in [1.29, 1.82) is 0 Å². The lowest BCUT2D eigenvalue weighted by Crippen LogP contribution is -2.48. The van der Waals surface area contributed by atoms with Crippen LogP contribution in [0.4, 0.5) is 0 Å². The van der Waals surface area contributed by atoms with Gasteiger partial charge >= 0.3 is 0 Å². The first kappa shape index (κ1) is 20.7. The van der Waals surface area contributed by atoms with Crippen molar-refractivity contribution in [3.05, 3.63) is 53.9 Å². The van der Waals surface area contributed by atoms with E-state index < -0.39 is 0 Å². The summed E-state index contributed by atoms with van der Waals surface area (Å²) in [4.78, 5) is 6.71. The Balaban J connectivity index is 0.00000243. The van der Waals surface area contributed by atoms with E-state index in [2.05, 4.69) is 50.6 Å². The van der Waals surface area contributed by atoms with Gasteiger partial charge in [-0.1, -0.05) is 30.3 Å². The maximum Gasteiger partial charge on any atom is 0.193 e. The van der Waals surface area contributed by atoms with Gasteiger partial charge in [0.25, 0.3) is 0 Å². The molecule has 1 aliphatic rings. The van der Waals surface area contributed by atoms with Crippen LogP contribution < -0.4 is 5.32 Å². The molecule has 1 aromatic carbocycles. The van der Waals surface area contributed by atoms with Gasteiger partial charge in [0.05, 0.1) is 19.3 Å². The third-order valence-corrected chi connectivity index (χ3v) is 4.44. The molecule has 7 heteroatoms. The number of nitrogens with one attached hydrogen (secondary N) is 1. The van der Waals surface area contributed by atoms with Crippen LogP contribution in [0.1, 0.15) is 23.7 Å². The lowest BCUT2D eigenvalue weighted by Gasteiger charge is -2.34. The highest BCUT2D eigenvalue weighted by atomic mass is 127. The molecule has 0 saturated carbocycles. The van der Waals surface area contributed by atoms with E-state index in [1.807, 2.05) is 31.2 Å². The molecule has 0 radical (unpaired) electrons. The Kier molecular flexibility index (Phi) is 8.37. The molecule has 1 N–H and O–H groups in total. The number of rotatable bonds is 5. The average Bonchev–Trinajstić information content (AvgIpc) is 3.09. The summed E-state index contributed by atoms with van der Waals surface area (Å²) in [6.45, 7) is 3.26.